The van der Waals surface area contributed by atoms with Crippen LogP contribution in [0.1, 0.15) is 5.56 Å². The molecule has 3 aromatic carbocycles. The second kappa shape index (κ2) is 8.67. The van der Waals surface area contributed by atoms with Crippen LogP contribution in [-0.2, 0) is 16.6 Å². The number of halogens is 1. The molecule has 5 nitrogen and oxygen atoms in total. The predicted molar refractivity (Wildman–Crippen MR) is 113 cm³/mol. The molecule has 0 aliphatic carbocycles. The minimum atomic E-state index is -3.80. The van der Waals surface area contributed by atoms with Crippen molar-refractivity contribution < 1.29 is 17.9 Å². The molecule has 0 N–H and O–H groups in total. The van der Waals surface area contributed by atoms with E-state index in [1.165, 1.54) is 4.31 Å². The van der Waals surface area contributed by atoms with Crippen LogP contribution in [0.3, 0.4) is 0 Å². The first-order chi connectivity index (χ1) is 13.4. The van der Waals surface area contributed by atoms with Gasteiger partial charge in [0.1, 0.15) is 11.5 Å². The van der Waals surface area contributed by atoms with Gasteiger partial charge < -0.3 is 9.47 Å². The predicted octanol–water partition coefficient (Wildman–Crippen LogP) is 4.86. The van der Waals surface area contributed by atoms with Gasteiger partial charge in [-0.3, -0.25) is 4.31 Å². The highest BCUT2D eigenvalue weighted by Gasteiger charge is 2.25. The van der Waals surface area contributed by atoms with Gasteiger partial charge in [0.15, 0.2) is 0 Å². The number of methoxy groups -OCH3 is 2. The zero-order valence-electron chi connectivity index (χ0n) is 15.5. The fourth-order valence-corrected chi connectivity index (χ4v) is 4.59. The van der Waals surface area contributed by atoms with Gasteiger partial charge in [0.2, 0.25) is 0 Å². The van der Waals surface area contributed by atoms with E-state index in [9.17, 15) is 8.42 Å². The molecule has 3 aromatic rings. The van der Waals surface area contributed by atoms with Gasteiger partial charge in [-0.15, -0.1) is 0 Å². The lowest BCUT2D eigenvalue weighted by molar-refractivity contribution is 0.414. The molecule has 0 radical (unpaired) electrons. The highest BCUT2D eigenvalue weighted by atomic mass is 79.9. The molecule has 28 heavy (non-hydrogen) atoms. The number of anilines is 1. The Morgan fingerprint density at radius 2 is 1.54 bits per heavy atom. The fraction of sp³-hybridized carbons (Fsp3) is 0.143. The van der Waals surface area contributed by atoms with E-state index in [1.54, 1.807) is 50.6 Å². The standard InChI is InChI=1S/C21H20BrNO4S/c1-26-19-9-11-21(12-10-19)28(24,25)23(18-7-4-6-17(22)14-18)15-16-5-3-8-20(13-16)27-2/h3-14H,15H2,1-2H3. The summed E-state index contributed by atoms with van der Waals surface area (Å²) in [4.78, 5) is 0.191. The topological polar surface area (TPSA) is 55.8 Å². The Morgan fingerprint density at radius 1 is 0.857 bits per heavy atom. The van der Waals surface area contributed by atoms with E-state index in [-0.39, 0.29) is 11.4 Å². The maximum atomic E-state index is 13.4. The maximum Gasteiger partial charge on any atom is 0.264 e. The summed E-state index contributed by atoms with van der Waals surface area (Å²) >= 11 is 3.42. The number of ether oxygens (including phenoxy) is 2. The summed E-state index contributed by atoms with van der Waals surface area (Å²) in [5, 5.41) is 0. The molecule has 0 heterocycles. The minimum Gasteiger partial charge on any atom is -0.497 e. The summed E-state index contributed by atoms with van der Waals surface area (Å²) in [5.41, 5.74) is 1.38. The van der Waals surface area contributed by atoms with Crippen LogP contribution in [0.25, 0.3) is 0 Å². The van der Waals surface area contributed by atoms with Crippen LogP contribution >= 0.6 is 15.9 Å². The average Bonchev–Trinajstić information content (AvgIpc) is 2.72. The Labute approximate surface area is 173 Å². The molecular formula is C21H20BrNO4S. The third kappa shape index (κ3) is 4.48. The first kappa shape index (κ1) is 20.2. The summed E-state index contributed by atoms with van der Waals surface area (Å²) < 4.78 is 39.5. The fourth-order valence-electron chi connectivity index (χ4n) is 2.76. The zero-order valence-corrected chi connectivity index (χ0v) is 17.9. The number of hydrogen-bond acceptors (Lipinski definition) is 4. The second-order valence-corrected chi connectivity index (χ2v) is 8.80. The molecule has 0 amide bonds. The molecule has 0 aromatic heterocycles. The van der Waals surface area contributed by atoms with Crippen LogP contribution in [0, 0.1) is 0 Å². The second-order valence-electron chi connectivity index (χ2n) is 6.02. The Bertz CT molecular complexity index is 1050. The lowest BCUT2D eigenvalue weighted by Gasteiger charge is -2.25. The summed E-state index contributed by atoms with van der Waals surface area (Å²) in [5.74, 6) is 1.27. The molecule has 0 saturated carbocycles. The molecule has 0 fully saturated rings. The Kier molecular flexibility index (Phi) is 6.26. The lowest BCUT2D eigenvalue weighted by Crippen LogP contribution is -2.30. The van der Waals surface area contributed by atoms with Gasteiger partial charge in [0.05, 0.1) is 31.3 Å². The number of rotatable bonds is 7. The van der Waals surface area contributed by atoms with Gasteiger partial charge in [-0.2, -0.15) is 0 Å². The number of sulfonamides is 1. The van der Waals surface area contributed by atoms with Crippen molar-refractivity contribution in [3.8, 4) is 11.5 Å². The smallest absolute Gasteiger partial charge is 0.264 e. The maximum absolute atomic E-state index is 13.4. The van der Waals surface area contributed by atoms with Crippen LogP contribution < -0.4 is 13.8 Å². The Morgan fingerprint density at radius 3 is 2.18 bits per heavy atom. The normalized spacial score (nSPS) is 11.1. The van der Waals surface area contributed by atoms with Crippen molar-refractivity contribution in [2.24, 2.45) is 0 Å². The Balaban J connectivity index is 2.06. The van der Waals surface area contributed by atoms with Crippen molar-refractivity contribution in [1.82, 2.24) is 0 Å². The van der Waals surface area contributed by atoms with Crippen molar-refractivity contribution >= 4 is 31.6 Å². The quantitative estimate of drug-likeness (QED) is 0.503. The lowest BCUT2D eigenvalue weighted by atomic mass is 10.2. The summed E-state index contributed by atoms with van der Waals surface area (Å²) in [7, 11) is -0.673. The molecule has 7 heteroatoms. The summed E-state index contributed by atoms with van der Waals surface area (Å²) in [6, 6.07) is 20.9. The highest BCUT2D eigenvalue weighted by molar-refractivity contribution is 9.10. The van der Waals surface area contributed by atoms with Gasteiger partial charge in [0.25, 0.3) is 10.0 Å². The minimum absolute atomic E-state index is 0.169. The van der Waals surface area contributed by atoms with Crippen molar-refractivity contribution in [2.75, 3.05) is 18.5 Å². The summed E-state index contributed by atoms with van der Waals surface area (Å²) in [6.45, 7) is 0.169. The molecule has 3 rings (SSSR count). The van der Waals surface area contributed by atoms with Crippen molar-refractivity contribution in [3.63, 3.8) is 0 Å². The van der Waals surface area contributed by atoms with Gasteiger partial charge in [-0.1, -0.05) is 34.1 Å². The van der Waals surface area contributed by atoms with Gasteiger partial charge in [-0.05, 0) is 60.2 Å². The molecule has 0 atom stereocenters. The molecule has 146 valence electrons. The first-order valence-corrected chi connectivity index (χ1v) is 10.7. The first-order valence-electron chi connectivity index (χ1n) is 8.49. The zero-order chi connectivity index (χ0) is 20.1. The van der Waals surface area contributed by atoms with E-state index >= 15 is 0 Å². The molecule has 0 unspecified atom stereocenters. The summed E-state index contributed by atoms with van der Waals surface area (Å²) in [6.07, 6.45) is 0. The number of hydrogen-bond donors (Lipinski definition) is 0. The van der Waals surface area contributed by atoms with Gasteiger partial charge in [0, 0.05) is 4.47 Å². The Hall–Kier alpha value is -2.51. The van der Waals surface area contributed by atoms with Crippen LogP contribution in [0.4, 0.5) is 5.69 Å². The van der Waals surface area contributed by atoms with E-state index in [4.69, 9.17) is 9.47 Å². The molecular weight excluding hydrogens is 442 g/mol. The third-order valence-corrected chi connectivity index (χ3v) is 6.49. The van der Waals surface area contributed by atoms with E-state index in [1.807, 2.05) is 36.4 Å². The monoisotopic (exact) mass is 461 g/mol. The molecule has 0 aliphatic heterocycles. The largest absolute Gasteiger partial charge is 0.497 e. The van der Waals surface area contributed by atoms with E-state index in [0.717, 1.165) is 10.0 Å². The molecule has 0 saturated heterocycles. The van der Waals surface area contributed by atoms with E-state index in [0.29, 0.717) is 17.2 Å². The number of nitrogens with zero attached hydrogens (tertiary/aromatic N) is 1. The van der Waals surface area contributed by atoms with Gasteiger partial charge >= 0.3 is 0 Å². The van der Waals surface area contributed by atoms with Crippen molar-refractivity contribution in [1.29, 1.82) is 0 Å². The van der Waals surface area contributed by atoms with E-state index < -0.39 is 10.0 Å². The van der Waals surface area contributed by atoms with Crippen LogP contribution in [0.2, 0.25) is 0 Å². The van der Waals surface area contributed by atoms with Gasteiger partial charge in [-0.25, -0.2) is 8.42 Å². The average molecular weight is 462 g/mol. The van der Waals surface area contributed by atoms with E-state index in [2.05, 4.69) is 15.9 Å². The third-order valence-electron chi connectivity index (χ3n) is 4.20. The number of benzene rings is 3. The van der Waals surface area contributed by atoms with Crippen molar-refractivity contribution in [2.45, 2.75) is 11.4 Å². The van der Waals surface area contributed by atoms with Crippen molar-refractivity contribution in [3.05, 3.63) is 82.8 Å². The molecule has 0 spiro atoms. The van der Waals surface area contributed by atoms with Crippen LogP contribution in [0.15, 0.2) is 82.2 Å². The van der Waals surface area contributed by atoms with Crippen LogP contribution in [0.5, 0.6) is 11.5 Å². The molecule has 0 bridgehead atoms. The SMILES string of the molecule is COc1ccc(S(=O)(=O)N(Cc2cccc(OC)c2)c2cccc(Br)c2)cc1. The highest BCUT2D eigenvalue weighted by Crippen LogP contribution is 2.29. The van der Waals surface area contributed by atoms with Crippen LogP contribution in [-0.4, -0.2) is 22.6 Å². The molecule has 0 aliphatic rings.